The van der Waals surface area contributed by atoms with Gasteiger partial charge in [-0.15, -0.1) is 0 Å². The quantitative estimate of drug-likeness (QED) is 0.756. The lowest BCUT2D eigenvalue weighted by Gasteiger charge is -2.26. The van der Waals surface area contributed by atoms with Crippen molar-refractivity contribution in [3.63, 3.8) is 0 Å². The lowest BCUT2D eigenvalue weighted by Crippen LogP contribution is -2.36. The molecule has 1 atom stereocenters. The number of nitrogens with zero attached hydrogens (tertiary/aromatic N) is 2. The number of fused-ring (bicyclic) bond motifs is 1. The smallest absolute Gasteiger partial charge is 0.135 e. The first-order valence-electron chi connectivity index (χ1n) is 8.46. The molecule has 1 aliphatic rings. The van der Waals surface area contributed by atoms with Crippen molar-refractivity contribution in [3.8, 4) is 11.3 Å². The van der Waals surface area contributed by atoms with Crippen LogP contribution in [0.15, 0.2) is 60.8 Å². The topological polar surface area (TPSA) is 39.1 Å². The van der Waals surface area contributed by atoms with E-state index >= 15 is 0 Å². The van der Waals surface area contributed by atoms with Crippen molar-refractivity contribution in [1.29, 1.82) is 0 Å². The highest BCUT2D eigenvalue weighted by Crippen LogP contribution is 2.26. The molecule has 1 unspecified atom stereocenters. The van der Waals surface area contributed by atoms with E-state index in [1.54, 1.807) is 0 Å². The summed E-state index contributed by atoms with van der Waals surface area (Å²) in [5, 5.41) is 4.22. The maximum Gasteiger partial charge on any atom is 0.135 e. The van der Waals surface area contributed by atoms with E-state index in [0.717, 1.165) is 41.7 Å². The molecule has 0 spiro atoms. The van der Waals surface area contributed by atoms with Crippen LogP contribution in [-0.4, -0.2) is 22.2 Å². The van der Waals surface area contributed by atoms with Crippen LogP contribution in [0, 0.1) is 0 Å². The molecular formula is C20H20ClN3O. The fourth-order valence-electron chi connectivity index (χ4n) is 3.16. The summed E-state index contributed by atoms with van der Waals surface area (Å²) in [6, 6.07) is 18.3. The standard InChI is InChI=1S/C20H20ClN3O/c21-17-8-4-7-16(9-17)19-12-23-20-14-25-18(13-24(19)20)11-22-10-15-5-2-1-3-6-15/h1-9,12,18,22H,10-11,13-14H2. The molecular weight excluding hydrogens is 334 g/mol. The molecule has 0 saturated heterocycles. The van der Waals surface area contributed by atoms with Gasteiger partial charge in [-0.05, 0) is 17.7 Å². The minimum atomic E-state index is 0.128. The van der Waals surface area contributed by atoms with Crippen LogP contribution in [0.5, 0.6) is 0 Å². The third-order valence-electron chi connectivity index (χ3n) is 4.44. The molecule has 0 saturated carbocycles. The zero-order chi connectivity index (χ0) is 17.1. The second kappa shape index (κ2) is 7.40. The Hall–Kier alpha value is -2.14. The minimum absolute atomic E-state index is 0.128. The van der Waals surface area contributed by atoms with Gasteiger partial charge in [-0.2, -0.15) is 0 Å². The summed E-state index contributed by atoms with van der Waals surface area (Å²) in [7, 11) is 0. The van der Waals surface area contributed by atoms with E-state index in [2.05, 4.69) is 45.2 Å². The first kappa shape index (κ1) is 16.3. The Bertz CT molecular complexity index is 847. The van der Waals surface area contributed by atoms with E-state index in [1.165, 1.54) is 5.56 Å². The number of ether oxygens (including phenoxy) is 1. The predicted octanol–water partition coefficient (Wildman–Crippen LogP) is 3.89. The van der Waals surface area contributed by atoms with Crippen molar-refractivity contribution in [1.82, 2.24) is 14.9 Å². The Balaban J connectivity index is 1.43. The summed E-state index contributed by atoms with van der Waals surface area (Å²) in [5.41, 5.74) is 3.46. The van der Waals surface area contributed by atoms with Crippen molar-refractivity contribution >= 4 is 11.6 Å². The third-order valence-corrected chi connectivity index (χ3v) is 4.67. The van der Waals surface area contributed by atoms with E-state index in [4.69, 9.17) is 16.3 Å². The average Bonchev–Trinajstić information content (AvgIpc) is 3.06. The number of hydrogen-bond donors (Lipinski definition) is 1. The lowest BCUT2D eigenvalue weighted by atomic mass is 10.1. The molecule has 1 aromatic heterocycles. The molecule has 25 heavy (non-hydrogen) atoms. The Labute approximate surface area is 152 Å². The van der Waals surface area contributed by atoms with Gasteiger partial charge in [-0.1, -0.05) is 54.1 Å². The highest BCUT2D eigenvalue weighted by Gasteiger charge is 2.22. The first-order chi connectivity index (χ1) is 12.3. The van der Waals surface area contributed by atoms with Crippen molar-refractivity contribution in [2.45, 2.75) is 25.8 Å². The van der Waals surface area contributed by atoms with Crippen LogP contribution in [-0.2, 0) is 24.4 Å². The number of nitrogens with one attached hydrogen (secondary N) is 1. The van der Waals surface area contributed by atoms with Gasteiger partial charge in [0.2, 0.25) is 0 Å². The Morgan fingerprint density at radius 1 is 1.16 bits per heavy atom. The Kier molecular flexibility index (Phi) is 4.83. The molecule has 128 valence electrons. The van der Waals surface area contributed by atoms with Gasteiger partial charge in [0.1, 0.15) is 12.4 Å². The molecule has 2 aromatic carbocycles. The summed E-state index contributed by atoms with van der Waals surface area (Å²) < 4.78 is 8.18. The van der Waals surface area contributed by atoms with Crippen LogP contribution in [0.1, 0.15) is 11.4 Å². The van der Waals surface area contributed by atoms with E-state index in [0.29, 0.717) is 6.61 Å². The molecule has 5 heteroatoms. The van der Waals surface area contributed by atoms with Crippen LogP contribution in [0.4, 0.5) is 0 Å². The largest absolute Gasteiger partial charge is 0.367 e. The van der Waals surface area contributed by atoms with Crippen LogP contribution in [0.3, 0.4) is 0 Å². The zero-order valence-corrected chi connectivity index (χ0v) is 14.6. The summed E-state index contributed by atoms with van der Waals surface area (Å²) in [6.45, 7) is 2.98. The number of hydrogen-bond acceptors (Lipinski definition) is 3. The number of benzene rings is 2. The van der Waals surface area contributed by atoms with Gasteiger partial charge >= 0.3 is 0 Å². The Morgan fingerprint density at radius 3 is 2.88 bits per heavy atom. The van der Waals surface area contributed by atoms with Crippen LogP contribution in [0.2, 0.25) is 5.02 Å². The normalized spacial score (nSPS) is 16.6. The highest BCUT2D eigenvalue weighted by atomic mass is 35.5. The molecule has 0 amide bonds. The van der Waals surface area contributed by atoms with E-state index in [1.807, 2.05) is 30.5 Å². The van der Waals surface area contributed by atoms with Crippen LogP contribution >= 0.6 is 11.6 Å². The van der Waals surface area contributed by atoms with Gasteiger partial charge in [0.05, 0.1) is 24.5 Å². The maximum absolute atomic E-state index is 6.14. The number of rotatable bonds is 5. The van der Waals surface area contributed by atoms with E-state index < -0.39 is 0 Å². The molecule has 1 aliphatic heterocycles. The van der Waals surface area contributed by atoms with Gasteiger partial charge in [0.15, 0.2) is 0 Å². The number of aromatic nitrogens is 2. The fraction of sp³-hybridized carbons (Fsp3) is 0.250. The molecule has 1 N–H and O–H groups in total. The average molecular weight is 354 g/mol. The second-order valence-electron chi connectivity index (χ2n) is 6.23. The minimum Gasteiger partial charge on any atom is -0.367 e. The molecule has 0 aliphatic carbocycles. The first-order valence-corrected chi connectivity index (χ1v) is 8.84. The van der Waals surface area contributed by atoms with Crippen molar-refractivity contribution in [2.75, 3.05) is 6.54 Å². The van der Waals surface area contributed by atoms with E-state index in [-0.39, 0.29) is 6.10 Å². The number of halogens is 1. The van der Waals surface area contributed by atoms with Crippen LogP contribution < -0.4 is 5.32 Å². The van der Waals surface area contributed by atoms with Crippen molar-refractivity contribution in [2.24, 2.45) is 0 Å². The summed E-state index contributed by atoms with van der Waals surface area (Å²) in [4.78, 5) is 4.50. The second-order valence-corrected chi connectivity index (χ2v) is 6.67. The third kappa shape index (κ3) is 3.76. The SMILES string of the molecule is Clc1cccc(-c2cnc3n2CC(CNCc2ccccc2)OC3)c1. The van der Waals surface area contributed by atoms with Gasteiger partial charge in [-0.3, -0.25) is 0 Å². The molecule has 4 rings (SSSR count). The van der Waals surface area contributed by atoms with Gasteiger partial charge in [0.25, 0.3) is 0 Å². The monoisotopic (exact) mass is 353 g/mol. The summed E-state index contributed by atoms with van der Waals surface area (Å²) >= 11 is 6.14. The molecule has 0 radical (unpaired) electrons. The van der Waals surface area contributed by atoms with Crippen molar-refractivity contribution in [3.05, 3.63) is 77.2 Å². The van der Waals surface area contributed by atoms with Crippen LogP contribution in [0.25, 0.3) is 11.3 Å². The zero-order valence-electron chi connectivity index (χ0n) is 13.9. The molecule has 0 fully saturated rings. The molecule has 3 aromatic rings. The Morgan fingerprint density at radius 2 is 2.04 bits per heavy atom. The summed E-state index contributed by atoms with van der Waals surface area (Å²) in [6.07, 6.45) is 2.03. The summed E-state index contributed by atoms with van der Waals surface area (Å²) in [5.74, 6) is 0.967. The van der Waals surface area contributed by atoms with E-state index in [9.17, 15) is 0 Å². The van der Waals surface area contributed by atoms with Gasteiger partial charge in [-0.25, -0.2) is 4.98 Å². The highest BCUT2D eigenvalue weighted by molar-refractivity contribution is 6.30. The maximum atomic E-state index is 6.14. The molecule has 2 heterocycles. The van der Waals surface area contributed by atoms with Gasteiger partial charge < -0.3 is 14.6 Å². The van der Waals surface area contributed by atoms with Crippen molar-refractivity contribution < 1.29 is 4.74 Å². The molecule has 0 bridgehead atoms. The number of imidazole rings is 1. The van der Waals surface area contributed by atoms with Gasteiger partial charge in [0, 0.05) is 23.7 Å². The lowest BCUT2D eigenvalue weighted by molar-refractivity contribution is 0.00326. The fourth-order valence-corrected chi connectivity index (χ4v) is 3.35. The predicted molar refractivity (Wildman–Crippen MR) is 99.4 cm³/mol. The molecule has 4 nitrogen and oxygen atoms in total.